The van der Waals surface area contributed by atoms with Gasteiger partial charge in [0, 0.05) is 53.0 Å². The van der Waals surface area contributed by atoms with Gasteiger partial charge in [0.25, 0.3) is 0 Å². The Kier molecular flexibility index (Phi) is 4.96. The Balaban J connectivity index is 1.50. The highest BCUT2D eigenvalue weighted by Gasteiger charge is 2.19. The molecule has 0 unspecified atom stereocenters. The van der Waals surface area contributed by atoms with Gasteiger partial charge in [0.05, 0.1) is 13.1 Å². The van der Waals surface area contributed by atoms with Crippen molar-refractivity contribution in [1.82, 2.24) is 28.9 Å². The fourth-order valence-corrected chi connectivity index (χ4v) is 2.85. The first-order valence-electron chi connectivity index (χ1n) is 8.23. The molecule has 0 radical (unpaired) electrons. The van der Waals surface area contributed by atoms with Crippen molar-refractivity contribution in [3.63, 3.8) is 0 Å². The van der Waals surface area contributed by atoms with E-state index >= 15 is 0 Å². The Hall–Kier alpha value is -2.19. The van der Waals surface area contributed by atoms with E-state index in [2.05, 4.69) is 14.9 Å². The molecular weight excluding hydrogens is 308 g/mol. The number of amides is 1. The zero-order valence-corrected chi connectivity index (χ0v) is 14.3. The number of nitrogens with zero attached hydrogens (tertiary/aromatic N) is 6. The molecule has 24 heavy (non-hydrogen) atoms. The Morgan fingerprint density at radius 2 is 1.83 bits per heavy atom. The molecule has 8 nitrogen and oxygen atoms in total. The van der Waals surface area contributed by atoms with Crippen LogP contribution in [0.1, 0.15) is 0 Å². The van der Waals surface area contributed by atoms with Crippen LogP contribution in [0.15, 0.2) is 29.2 Å². The van der Waals surface area contributed by atoms with Crippen LogP contribution in [0, 0.1) is 0 Å². The summed E-state index contributed by atoms with van der Waals surface area (Å²) in [6, 6.07) is 5.54. The highest BCUT2D eigenvalue weighted by molar-refractivity contribution is 5.77. The van der Waals surface area contributed by atoms with Gasteiger partial charge in [0.2, 0.25) is 5.91 Å². The lowest BCUT2D eigenvalue weighted by atomic mass is 10.3. The third-order valence-electron chi connectivity index (χ3n) is 4.44. The molecule has 2 aromatic heterocycles. The molecule has 0 spiro atoms. The van der Waals surface area contributed by atoms with Crippen LogP contribution >= 0.6 is 0 Å². The highest BCUT2D eigenvalue weighted by Crippen LogP contribution is 2.03. The number of piperazine rings is 1. The number of carbonyl (C=O) groups excluding carboxylic acids is 1. The van der Waals surface area contributed by atoms with Crippen LogP contribution < -0.4 is 5.69 Å². The van der Waals surface area contributed by atoms with Crippen molar-refractivity contribution in [2.24, 2.45) is 0 Å². The number of carbonyl (C=O) groups is 1. The largest absolute Gasteiger partial charge is 0.350 e. The molecule has 130 valence electrons. The molecule has 0 aliphatic carbocycles. The minimum atomic E-state index is -0.0965. The maximum atomic E-state index is 12.2. The normalized spacial score (nSPS) is 16.6. The molecule has 0 atom stereocenters. The van der Waals surface area contributed by atoms with E-state index in [1.807, 2.05) is 18.2 Å². The summed E-state index contributed by atoms with van der Waals surface area (Å²) in [5.74, 6) is 0.139. The monoisotopic (exact) mass is 332 g/mol. The van der Waals surface area contributed by atoms with E-state index in [4.69, 9.17) is 0 Å². The van der Waals surface area contributed by atoms with E-state index in [0.29, 0.717) is 18.7 Å². The molecule has 0 bridgehead atoms. The second-order valence-electron chi connectivity index (χ2n) is 6.34. The van der Waals surface area contributed by atoms with E-state index in [9.17, 15) is 9.59 Å². The number of rotatable bonds is 5. The number of likely N-dealkylation sites (N-methyl/N-ethyl adjacent to an activating group) is 1. The van der Waals surface area contributed by atoms with Gasteiger partial charge in [-0.05, 0) is 12.1 Å². The Morgan fingerprint density at radius 1 is 1.12 bits per heavy atom. The minimum Gasteiger partial charge on any atom is -0.348 e. The fraction of sp³-hybridized carbons (Fsp3) is 0.562. The zero-order valence-electron chi connectivity index (χ0n) is 14.3. The molecular formula is C16H24N6O2. The van der Waals surface area contributed by atoms with Gasteiger partial charge in [-0.3, -0.25) is 19.0 Å². The van der Waals surface area contributed by atoms with Crippen LogP contribution in [-0.4, -0.2) is 88.2 Å². The van der Waals surface area contributed by atoms with Crippen LogP contribution in [0.25, 0.3) is 5.65 Å². The number of fused-ring (bicyclic) bond motifs is 1. The van der Waals surface area contributed by atoms with Crippen LogP contribution in [0.5, 0.6) is 0 Å². The lowest BCUT2D eigenvalue weighted by molar-refractivity contribution is -0.130. The molecule has 0 saturated carbocycles. The molecule has 0 N–H and O–H groups in total. The second kappa shape index (κ2) is 7.14. The number of aromatic nitrogens is 3. The van der Waals surface area contributed by atoms with Gasteiger partial charge in [0.15, 0.2) is 5.65 Å². The topological polar surface area (TPSA) is 66.1 Å². The Bertz CT molecular complexity index is 757. The maximum Gasteiger partial charge on any atom is 0.350 e. The van der Waals surface area contributed by atoms with Gasteiger partial charge in [0.1, 0.15) is 0 Å². The first-order chi connectivity index (χ1) is 11.5. The lowest BCUT2D eigenvalue weighted by Gasteiger charge is -2.34. The van der Waals surface area contributed by atoms with Crippen LogP contribution in [0.3, 0.4) is 0 Å². The number of hydrogen-bond donors (Lipinski definition) is 0. The van der Waals surface area contributed by atoms with Crippen molar-refractivity contribution >= 4 is 11.6 Å². The van der Waals surface area contributed by atoms with Gasteiger partial charge in [-0.15, -0.1) is 5.10 Å². The second-order valence-corrected chi connectivity index (χ2v) is 6.34. The van der Waals surface area contributed by atoms with Crippen molar-refractivity contribution < 1.29 is 4.79 Å². The predicted octanol–water partition coefficient (Wildman–Crippen LogP) is -0.798. The molecule has 8 heteroatoms. The third kappa shape index (κ3) is 3.65. The van der Waals surface area contributed by atoms with Crippen molar-refractivity contribution in [2.75, 3.05) is 53.4 Å². The van der Waals surface area contributed by atoms with E-state index in [1.165, 1.54) is 4.68 Å². The molecule has 2 aromatic rings. The third-order valence-corrected chi connectivity index (χ3v) is 4.44. The molecule has 3 heterocycles. The van der Waals surface area contributed by atoms with Crippen LogP contribution in [0.2, 0.25) is 0 Å². The van der Waals surface area contributed by atoms with Gasteiger partial charge in [-0.2, -0.15) is 0 Å². The smallest absolute Gasteiger partial charge is 0.348 e. The fourth-order valence-electron chi connectivity index (χ4n) is 2.85. The molecule has 1 saturated heterocycles. The average Bonchev–Trinajstić information content (AvgIpc) is 2.90. The van der Waals surface area contributed by atoms with Crippen molar-refractivity contribution in [1.29, 1.82) is 0 Å². The highest BCUT2D eigenvalue weighted by atomic mass is 16.2. The number of pyridine rings is 1. The average molecular weight is 332 g/mol. The molecule has 0 aromatic carbocycles. The van der Waals surface area contributed by atoms with Crippen molar-refractivity contribution in [3.8, 4) is 0 Å². The molecule has 3 rings (SSSR count). The quantitative estimate of drug-likeness (QED) is 0.717. The van der Waals surface area contributed by atoms with E-state index in [1.54, 1.807) is 29.6 Å². The standard InChI is InChI=1S/C16H24N6O2/c1-18(2)15(23)13-20-9-7-19(8-10-20)11-12-22-16(24)21-6-4-3-5-14(21)17-22/h3-6H,7-13H2,1-2H3. The summed E-state index contributed by atoms with van der Waals surface area (Å²) in [7, 11) is 3.57. The molecule has 1 fully saturated rings. The first kappa shape index (κ1) is 16.7. The Labute approximate surface area is 140 Å². The van der Waals surface area contributed by atoms with Crippen molar-refractivity contribution in [3.05, 3.63) is 34.9 Å². The van der Waals surface area contributed by atoms with Gasteiger partial charge >= 0.3 is 5.69 Å². The van der Waals surface area contributed by atoms with Gasteiger partial charge < -0.3 is 4.90 Å². The summed E-state index contributed by atoms with van der Waals surface area (Å²) in [5.41, 5.74) is 0.579. The van der Waals surface area contributed by atoms with Gasteiger partial charge in [-0.1, -0.05) is 6.07 Å². The minimum absolute atomic E-state index is 0.0965. The summed E-state index contributed by atoms with van der Waals surface area (Å²) in [5, 5.41) is 4.35. The van der Waals surface area contributed by atoms with Gasteiger partial charge in [-0.25, -0.2) is 9.48 Å². The SMILES string of the molecule is CN(C)C(=O)CN1CCN(CCn2nc3ccccn3c2=O)CC1. The zero-order chi connectivity index (χ0) is 17.1. The summed E-state index contributed by atoms with van der Waals surface area (Å²) in [6.07, 6.45) is 1.74. The predicted molar refractivity (Wildman–Crippen MR) is 91.0 cm³/mol. The van der Waals surface area contributed by atoms with E-state index in [0.717, 1.165) is 32.7 Å². The first-order valence-corrected chi connectivity index (χ1v) is 8.23. The van der Waals surface area contributed by atoms with E-state index < -0.39 is 0 Å². The Morgan fingerprint density at radius 3 is 2.50 bits per heavy atom. The molecule has 1 amide bonds. The number of hydrogen-bond acceptors (Lipinski definition) is 5. The molecule has 1 aliphatic heterocycles. The summed E-state index contributed by atoms with van der Waals surface area (Å²) < 4.78 is 3.09. The van der Waals surface area contributed by atoms with E-state index in [-0.39, 0.29) is 11.6 Å². The maximum absolute atomic E-state index is 12.2. The summed E-state index contributed by atoms with van der Waals surface area (Å²) in [6.45, 7) is 5.41. The summed E-state index contributed by atoms with van der Waals surface area (Å²) >= 11 is 0. The lowest BCUT2D eigenvalue weighted by Crippen LogP contribution is -2.50. The summed E-state index contributed by atoms with van der Waals surface area (Å²) in [4.78, 5) is 30.1. The van der Waals surface area contributed by atoms with Crippen LogP contribution in [0.4, 0.5) is 0 Å². The van der Waals surface area contributed by atoms with Crippen LogP contribution in [-0.2, 0) is 11.3 Å². The molecule has 1 aliphatic rings. The van der Waals surface area contributed by atoms with Crippen molar-refractivity contribution in [2.45, 2.75) is 6.54 Å².